The lowest BCUT2D eigenvalue weighted by molar-refractivity contribution is -0.241. The van der Waals surface area contributed by atoms with E-state index in [0.29, 0.717) is 47.0 Å². The first-order valence-corrected chi connectivity index (χ1v) is 16.7. The molecular formula is C37H54O4. The summed E-state index contributed by atoms with van der Waals surface area (Å²) < 4.78 is 0. The molecule has 0 radical (unpaired) electrons. The SMILES string of the molecule is CC(C)C1CCC2(C(=O)O)CCC3(C)C(CCC4C5(C)CCC(c6cccc(C(=O)O)c6)C(C)(C)C5CCC43C)C12. The molecule has 41 heavy (non-hydrogen) atoms. The van der Waals surface area contributed by atoms with Gasteiger partial charge in [-0.3, -0.25) is 4.79 Å². The maximum absolute atomic E-state index is 13.0. The molecule has 4 nitrogen and oxygen atoms in total. The molecule has 0 bridgehead atoms. The first-order chi connectivity index (χ1) is 19.1. The van der Waals surface area contributed by atoms with Crippen molar-refractivity contribution in [3.8, 4) is 0 Å². The Kier molecular flexibility index (Phi) is 6.65. The monoisotopic (exact) mass is 562 g/mol. The van der Waals surface area contributed by atoms with Crippen LogP contribution in [0.2, 0.25) is 0 Å². The fraction of sp³-hybridized carbons (Fsp3) is 0.784. The van der Waals surface area contributed by atoms with Crippen molar-refractivity contribution in [1.82, 2.24) is 0 Å². The predicted molar refractivity (Wildman–Crippen MR) is 163 cm³/mol. The van der Waals surface area contributed by atoms with E-state index in [2.05, 4.69) is 54.5 Å². The van der Waals surface area contributed by atoms with E-state index in [1.165, 1.54) is 37.7 Å². The van der Waals surface area contributed by atoms with Crippen molar-refractivity contribution in [1.29, 1.82) is 0 Å². The third kappa shape index (κ3) is 3.76. The number of hydrogen-bond donors (Lipinski definition) is 2. The van der Waals surface area contributed by atoms with Gasteiger partial charge >= 0.3 is 11.9 Å². The van der Waals surface area contributed by atoms with Gasteiger partial charge in [0, 0.05) is 0 Å². The lowest BCUT2D eigenvalue weighted by Crippen LogP contribution is -2.66. The van der Waals surface area contributed by atoms with Gasteiger partial charge in [0.15, 0.2) is 0 Å². The minimum absolute atomic E-state index is 0.0857. The number of fused-ring (bicyclic) bond motifs is 7. The Morgan fingerprint density at radius 3 is 2.20 bits per heavy atom. The molecule has 0 heterocycles. The van der Waals surface area contributed by atoms with Crippen molar-refractivity contribution in [3.63, 3.8) is 0 Å². The second kappa shape index (κ2) is 9.33. The van der Waals surface area contributed by atoms with Crippen LogP contribution in [0.4, 0.5) is 0 Å². The van der Waals surface area contributed by atoms with Gasteiger partial charge < -0.3 is 10.2 Å². The first kappa shape index (κ1) is 29.2. The number of carbonyl (C=O) groups is 2. The Labute approximate surface area is 248 Å². The predicted octanol–water partition coefficient (Wildman–Crippen LogP) is 9.29. The van der Waals surface area contributed by atoms with Crippen LogP contribution in [0.1, 0.15) is 135 Å². The molecule has 1 aromatic rings. The van der Waals surface area contributed by atoms with Crippen LogP contribution in [0.25, 0.3) is 0 Å². The van der Waals surface area contributed by atoms with Gasteiger partial charge in [0.1, 0.15) is 0 Å². The van der Waals surface area contributed by atoms with Gasteiger partial charge in [0.05, 0.1) is 11.0 Å². The standard InChI is InChI=1S/C37H54O4/c1-22(2)25-13-18-37(32(40)41)20-19-35(6)27(30(25)37)11-12-29-34(5)16-14-26(23-9-8-10-24(21-23)31(38)39)33(3,4)28(34)15-17-36(29,35)7/h8-10,21-22,25-30H,11-20H2,1-7H3,(H,38,39)(H,40,41). The van der Waals surface area contributed by atoms with E-state index in [4.69, 9.17) is 0 Å². The highest BCUT2D eigenvalue weighted by Crippen LogP contribution is 2.78. The number of rotatable bonds is 4. The average Bonchev–Trinajstić information content (AvgIpc) is 3.30. The van der Waals surface area contributed by atoms with E-state index >= 15 is 0 Å². The number of benzene rings is 1. The number of carboxylic acid groups (broad SMARTS) is 2. The normalized spacial score (nSPS) is 46.6. The molecule has 4 heteroatoms. The second-order valence-electron chi connectivity index (χ2n) is 16.9. The van der Waals surface area contributed by atoms with Gasteiger partial charge in [-0.05, 0) is 145 Å². The van der Waals surface area contributed by atoms with Crippen LogP contribution < -0.4 is 0 Å². The minimum Gasteiger partial charge on any atom is -0.481 e. The summed E-state index contributed by atoms with van der Waals surface area (Å²) in [6, 6.07) is 7.73. The van der Waals surface area contributed by atoms with Gasteiger partial charge in [-0.25, -0.2) is 4.79 Å². The van der Waals surface area contributed by atoms with Crippen molar-refractivity contribution in [3.05, 3.63) is 35.4 Å². The van der Waals surface area contributed by atoms with Crippen LogP contribution in [0, 0.1) is 62.6 Å². The fourth-order valence-corrected chi connectivity index (χ4v) is 13.3. The maximum Gasteiger partial charge on any atom is 0.335 e. The molecule has 2 N–H and O–H groups in total. The zero-order valence-electron chi connectivity index (χ0n) is 26.6. The fourth-order valence-electron chi connectivity index (χ4n) is 13.3. The van der Waals surface area contributed by atoms with Crippen LogP contribution in [0.5, 0.6) is 0 Å². The Hall–Kier alpha value is -1.84. The van der Waals surface area contributed by atoms with Crippen LogP contribution >= 0.6 is 0 Å². The molecule has 0 aromatic heterocycles. The van der Waals surface area contributed by atoms with Crippen molar-refractivity contribution in [2.45, 2.75) is 119 Å². The van der Waals surface area contributed by atoms with Gasteiger partial charge in [0.25, 0.3) is 0 Å². The third-order valence-electron chi connectivity index (χ3n) is 15.3. The van der Waals surface area contributed by atoms with Crippen LogP contribution in [0.3, 0.4) is 0 Å². The molecule has 0 aliphatic heterocycles. The zero-order valence-corrected chi connectivity index (χ0v) is 26.6. The largest absolute Gasteiger partial charge is 0.481 e. The minimum atomic E-state index is -0.842. The highest BCUT2D eigenvalue weighted by molar-refractivity contribution is 5.87. The molecule has 226 valence electrons. The molecule has 5 aliphatic carbocycles. The summed E-state index contributed by atoms with van der Waals surface area (Å²) in [6.45, 7) is 17.5. The van der Waals surface area contributed by atoms with Crippen LogP contribution in [-0.4, -0.2) is 22.2 Å². The Morgan fingerprint density at radius 1 is 0.805 bits per heavy atom. The van der Waals surface area contributed by atoms with Crippen molar-refractivity contribution in [2.75, 3.05) is 0 Å². The van der Waals surface area contributed by atoms with E-state index in [1.54, 1.807) is 6.07 Å². The Morgan fingerprint density at radius 2 is 1.54 bits per heavy atom. The summed E-state index contributed by atoms with van der Waals surface area (Å²) in [6.07, 6.45) is 11.1. The summed E-state index contributed by atoms with van der Waals surface area (Å²) in [4.78, 5) is 24.7. The maximum atomic E-state index is 13.0. The van der Waals surface area contributed by atoms with E-state index in [1.807, 2.05) is 12.1 Å². The smallest absolute Gasteiger partial charge is 0.335 e. The molecule has 5 saturated carbocycles. The van der Waals surface area contributed by atoms with Gasteiger partial charge in [-0.15, -0.1) is 0 Å². The van der Waals surface area contributed by atoms with Gasteiger partial charge in [-0.1, -0.05) is 60.6 Å². The van der Waals surface area contributed by atoms with Gasteiger partial charge in [-0.2, -0.15) is 0 Å². The molecule has 5 aliphatic rings. The van der Waals surface area contributed by atoms with Gasteiger partial charge in [0.2, 0.25) is 0 Å². The number of aliphatic carboxylic acids is 1. The summed E-state index contributed by atoms with van der Waals surface area (Å²) in [5.41, 5.74) is 1.83. The molecule has 10 atom stereocenters. The lowest BCUT2D eigenvalue weighted by Gasteiger charge is -2.73. The molecule has 5 fully saturated rings. The average molecular weight is 563 g/mol. The molecule has 0 spiro atoms. The van der Waals surface area contributed by atoms with E-state index in [0.717, 1.165) is 32.1 Å². The highest BCUT2D eigenvalue weighted by Gasteiger charge is 2.72. The van der Waals surface area contributed by atoms with E-state index in [9.17, 15) is 19.8 Å². The lowest BCUT2D eigenvalue weighted by atomic mass is 9.31. The highest BCUT2D eigenvalue weighted by atomic mass is 16.4. The van der Waals surface area contributed by atoms with E-state index in [-0.39, 0.29) is 21.7 Å². The number of hydrogen-bond acceptors (Lipinski definition) is 2. The molecule has 1 aromatic carbocycles. The number of carboxylic acids is 2. The summed E-state index contributed by atoms with van der Waals surface area (Å²) in [5, 5.41) is 20.3. The van der Waals surface area contributed by atoms with Crippen LogP contribution in [-0.2, 0) is 4.79 Å². The summed E-state index contributed by atoms with van der Waals surface area (Å²) in [5.74, 6) is 2.15. The first-order valence-electron chi connectivity index (χ1n) is 16.7. The van der Waals surface area contributed by atoms with Crippen molar-refractivity contribution < 1.29 is 19.8 Å². The quantitative estimate of drug-likeness (QED) is 0.383. The Balaban J connectivity index is 1.35. The molecular weight excluding hydrogens is 508 g/mol. The van der Waals surface area contributed by atoms with Crippen molar-refractivity contribution >= 4 is 11.9 Å². The zero-order chi connectivity index (χ0) is 29.8. The van der Waals surface area contributed by atoms with Crippen LogP contribution in [0.15, 0.2) is 24.3 Å². The van der Waals surface area contributed by atoms with E-state index < -0.39 is 17.4 Å². The summed E-state index contributed by atoms with van der Waals surface area (Å²) >= 11 is 0. The summed E-state index contributed by atoms with van der Waals surface area (Å²) in [7, 11) is 0. The van der Waals surface area contributed by atoms with Crippen molar-refractivity contribution in [2.24, 2.45) is 62.6 Å². The molecule has 0 amide bonds. The Bertz CT molecular complexity index is 1230. The molecule has 6 rings (SSSR count). The number of aromatic carboxylic acids is 1. The third-order valence-corrected chi connectivity index (χ3v) is 15.3. The molecule has 10 unspecified atom stereocenters. The molecule has 0 saturated heterocycles. The second-order valence-corrected chi connectivity index (χ2v) is 16.9. The topological polar surface area (TPSA) is 74.6 Å².